The summed E-state index contributed by atoms with van der Waals surface area (Å²) >= 11 is 1.47. The van der Waals surface area contributed by atoms with Crippen molar-refractivity contribution in [3.63, 3.8) is 0 Å². The SMILES string of the molecule is O=C1C=CC(C(=O)NCCN2CCN(C(=O)c3cccs3)CC2)C=N1. The van der Waals surface area contributed by atoms with Crippen LogP contribution in [0.15, 0.2) is 34.7 Å². The molecule has 3 amide bonds. The molecule has 8 heteroatoms. The molecule has 7 nitrogen and oxygen atoms in total. The highest BCUT2D eigenvalue weighted by molar-refractivity contribution is 7.12. The molecule has 25 heavy (non-hydrogen) atoms. The molecule has 0 saturated carbocycles. The second kappa shape index (κ2) is 8.17. The Bertz CT molecular complexity index is 675. The first-order valence-corrected chi connectivity index (χ1v) is 9.10. The highest BCUT2D eigenvalue weighted by Gasteiger charge is 2.23. The molecule has 3 rings (SSSR count). The molecule has 1 fully saturated rings. The van der Waals surface area contributed by atoms with Gasteiger partial charge in [0.1, 0.15) is 0 Å². The number of thiophene rings is 1. The third kappa shape index (κ3) is 4.61. The van der Waals surface area contributed by atoms with Crippen LogP contribution in [0.3, 0.4) is 0 Å². The number of hydrogen-bond acceptors (Lipinski definition) is 5. The van der Waals surface area contributed by atoms with Crippen molar-refractivity contribution in [2.45, 2.75) is 0 Å². The van der Waals surface area contributed by atoms with E-state index >= 15 is 0 Å². The van der Waals surface area contributed by atoms with Gasteiger partial charge < -0.3 is 10.2 Å². The van der Waals surface area contributed by atoms with Crippen LogP contribution in [0.2, 0.25) is 0 Å². The number of dihydropyridines is 1. The van der Waals surface area contributed by atoms with E-state index in [1.807, 2.05) is 22.4 Å². The van der Waals surface area contributed by atoms with Crippen LogP contribution in [0.1, 0.15) is 9.67 Å². The summed E-state index contributed by atoms with van der Waals surface area (Å²) in [5.74, 6) is -0.864. The maximum absolute atomic E-state index is 12.3. The predicted molar refractivity (Wildman–Crippen MR) is 95.8 cm³/mol. The lowest BCUT2D eigenvalue weighted by Crippen LogP contribution is -2.50. The Hall–Kier alpha value is -2.32. The van der Waals surface area contributed by atoms with E-state index in [4.69, 9.17) is 0 Å². The molecule has 1 atom stereocenters. The fourth-order valence-electron chi connectivity index (χ4n) is 2.77. The smallest absolute Gasteiger partial charge is 0.269 e. The maximum atomic E-state index is 12.3. The maximum Gasteiger partial charge on any atom is 0.269 e. The van der Waals surface area contributed by atoms with Crippen LogP contribution in [0, 0.1) is 5.92 Å². The van der Waals surface area contributed by atoms with Crippen molar-refractivity contribution in [1.29, 1.82) is 0 Å². The fraction of sp³-hybridized carbons (Fsp3) is 0.412. The number of aliphatic imine (C=N–C) groups is 1. The van der Waals surface area contributed by atoms with Gasteiger partial charge in [0.25, 0.3) is 11.8 Å². The van der Waals surface area contributed by atoms with Crippen molar-refractivity contribution >= 4 is 35.3 Å². The fourth-order valence-corrected chi connectivity index (χ4v) is 3.46. The number of carbonyl (C=O) groups excluding carboxylic acids is 3. The lowest BCUT2D eigenvalue weighted by molar-refractivity contribution is -0.121. The van der Waals surface area contributed by atoms with Crippen molar-refractivity contribution in [3.8, 4) is 0 Å². The quantitative estimate of drug-likeness (QED) is 0.824. The zero-order valence-corrected chi connectivity index (χ0v) is 14.6. The first kappa shape index (κ1) is 17.5. The Kier molecular flexibility index (Phi) is 5.72. The van der Waals surface area contributed by atoms with Crippen LogP contribution in [-0.4, -0.2) is 73.0 Å². The molecule has 0 bridgehead atoms. The Morgan fingerprint density at radius 2 is 2.08 bits per heavy atom. The Morgan fingerprint density at radius 3 is 2.72 bits per heavy atom. The molecular formula is C17H20N4O3S. The van der Waals surface area contributed by atoms with Crippen molar-refractivity contribution in [2.75, 3.05) is 39.3 Å². The van der Waals surface area contributed by atoms with Crippen LogP contribution in [0.25, 0.3) is 0 Å². The van der Waals surface area contributed by atoms with Crippen LogP contribution in [0.4, 0.5) is 0 Å². The number of piperazine rings is 1. The van der Waals surface area contributed by atoms with E-state index in [2.05, 4.69) is 15.2 Å². The van der Waals surface area contributed by atoms with E-state index in [9.17, 15) is 14.4 Å². The molecule has 0 spiro atoms. The predicted octanol–water partition coefficient (Wildman–Crippen LogP) is 0.406. The first-order chi connectivity index (χ1) is 12.1. The minimum atomic E-state index is -0.474. The van der Waals surface area contributed by atoms with Gasteiger partial charge in [-0.15, -0.1) is 11.3 Å². The standard InChI is InChI=1S/C17H20N4O3S/c22-15-4-3-13(12-19-15)16(23)18-5-6-20-7-9-21(10-8-20)17(24)14-2-1-11-25-14/h1-4,11-13H,5-10H2,(H,18,23). The summed E-state index contributed by atoms with van der Waals surface area (Å²) in [5.41, 5.74) is 0. The Balaban J connectivity index is 1.36. The molecule has 0 aromatic carbocycles. The largest absolute Gasteiger partial charge is 0.354 e. The third-order valence-electron chi connectivity index (χ3n) is 4.23. The normalized spacial score (nSPS) is 20.7. The lowest BCUT2D eigenvalue weighted by Gasteiger charge is -2.34. The summed E-state index contributed by atoms with van der Waals surface area (Å²) in [7, 11) is 0. The Labute approximate surface area is 150 Å². The zero-order valence-electron chi connectivity index (χ0n) is 13.8. The van der Waals surface area contributed by atoms with Gasteiger partial charge in [-0.05, 0) is 11.4 Å². The number of amides is 3. The minimum Gasteiger partial charge on any atom is -0.354 e. The van der Waals surface area contributed by atoms with Gasteiger partial charge in [-0.2, -0.15) is 0 Å². The van der Waals surface area contributed by atoms with Gasteiger partial charge in [0, 0.05) is 51.6 Å². The minimum absolute atomic E-state index is 0.0980. The topological polar surface area (TPSA) is 82.1 Å². The zero-order chi connectivity index (χ0) is 17.6. The van der Waals surface area contributed by atoms with E-state index in [1.165, 1.54) is 23.6 Å². The number of nitrogens with one attached hydrogen (secondary N) is 1. The van der Waals surface area contributed by atoms with Crippen molar-refractivity contribution in [2.24, 2.45) is 10.9 Å². The summed E-state index contributed by atoms with van der Waals surface area (Å²) < 4.78 is 0. The summed E-state index contributed by atoms with van der Waals surface area (Å²) in [6.45, 7) is 4.26. The van der Waals surface area contributed by atoms with E-state index in [0.717, 1.165) is 24.5 Å². The van der Waals surface area contributed by atoms with Gasteiger partial charge in [0.05, 0.1) is 10.8 Å². The summed E-state index contributed by atoms with van der Waals surface area (Å²) in [6, 6.07) is 3.74. The molecule has 0 aliphatic carbocycles. The van der Waals surface area contributed by atoms with Crippen LogP contribution in [-0.2, 0) is 9.59 Å². The van der Waals surface area contributed by atoms with E-state index in [-0.39, 0.29) is 17.7 Å². The van der Waals surface area contributed by atoms with E-state index in [0.29, 0.717) is 19.6 Å². The number of hydrogen-bond donors (Lipinski definition) is 1. The van der Waals surface area contributed by atoms with E-state index < -0.39 is 5.92 Å². The van der Waals surface area contributed by atoms with Gasteiger partial charge in [-0.3, -0.25) is 19.3 Å². The lowest BCUT2D eigenvalue weighted by atomic mass is 10.1. The van der Waals surface area contributed by atoms with Crippen molar-refractivity contribution in [3.05, 3.63) is 34.5 Å². The molecule has 1 saturated heterocycles. The monoisotopic (exact) mass is 360 g/mol. The van der Waals surface area contributed by atoms with Crippen LogP contribution >= 0.6 is 11.3 Å². The second-order valence-corrected chi connectivity index (χ2v) is 6.85. The van der Waals surface area contributed by atoms with Gasteiger partial charge in [-0.1, -0.05) is 12.1 Å². The third-order valence-corrected chi connectivity index (χ3v) is 5.09. The molecule has 1 aromatic heterocycles. The van der Waals surface area contributed by atoms with Crippen LogP contribution < -0.4 is 5.32 Å². The van der Waals surface area contributed by atoms with E-state index in [1.54, 1.807) is 6.08 Å². The summed E-state index contributed by atoms with van der Waals surface area (Å²) in [4.78, 5) is 43.7. The Morgan fingerprint density at radius 1 is 1.28 bits per heavy atom. The molecule has 1 aromatic rings. The number of carbonyl (C=O) groups is 3. The molecule has 132 valence electrons. The molecule has 2 aliphatic rings. The molecular weight excluding hydrogens is 340 g/mol. The summed E-state index contributed by atoms with van der Waals surface area (Å²) in [5, 5.41) is 4.77. The van der Waals surface area contributed by atoms with Crippen LogP contribution in [0.5, 0.6) is 0 Å². The van der Waals surface area contributed by atoms with Gasteiger partial charge >= 0.3 is 0 Å². The van der Waals surface area contributed by atoms with Crippen molar-refractivity contribution in [1.82, 2.24) is 15.1 Å². The number of rotatable bonds is 5. The molecule has 0 radical (unpaired) electrons. The average Bonchev–Trinajstić information content (AvgIpc) is 3.17. The average molecular weight is 360 g/mol. The highest BCUT2D eigenvalue weighted by atomic mass is 32.1. The van der Waals surface area contributed by atoms with Gasteiger partial charge in [-0.25, -0.2) is 4.99 Å². The highest BCUT2D eigenvalue weighted by Crippen LogP contribution is 2.13. The molecule has 1 N–H and O–H groups in total. The van der Waals surface area contributed by atoms with Gasteiger partial charge in [0.2, 0.25) is 5.91 Å². The first-order valence-electron chi connectivity index (χ1n) is 8.22. The molecule has 1 unspecified atom stereocenters. The van der Waals surface area contributed by atoms with Crippen molar-refractivity contribution < 1.29 is 14.4 Å². The second-order valence-electron chi connectivity index (χ2n) is 5.90. The van der Waals surface area contributed by atoms with Gasteiger partial charge in [0.15, 0.2) is 0 Å². The molecule has 2 aliphatic heterocycles. The summed E-state index contributed by atoms with van der Waals surface area (Å²) in [6.07, 6.45) is 4.24. The molecule has 3 heterocycles. The number of nitrogens with zero attached hydrogens (tertiary/aromatic N) is 3.